The van der Waals surface area contributed by atoms with Crippen molar-refractivity contribution in [3.05, 3.63) is 22.4 Å². The predicted molar refractivity (Wildman–Crippen MR) is 96.0 cm³/mol. The number of nitrogens with zero attached hydrogens (tertiary/aromatic N) is 4. The van der Waals surface area contributed by atoms with Gasteiger partial charge >= 0.3 is 0 Å². The number of methoxy groups -OCH3 is 3. The van der Waals surface area contributed by atoms with Gasteiger partial charge in [0.1, 0.15) is 27.7 Å². The molecule has 0 aliphatic carbocycles. The largest absolute Gasteiger partial charge is 0.493 e. The summed E-state index contributed by atoms with van der Waals surface area (Å²) in [6.07, 6.45) is 2.26. The summed E-state index contributed by atoms with van der Waals surface area (Å²) < 4.78 is 16.3. The minimum atomic E-state index is 0.506. The molecule has 9 heteroatoms. The highest BCUT2D eigenvalue weighted by Crippen LogP contribution is 2.43. The lowest BCUT2D eigenvalue weighted by Crippen LogP contribution is -2.07. The Labute approximate surface area is 149 Å². The molecule has 3 aromatic rings. The quantitative estimate of drug-likeness (QED) is 0.686. The van der Waals surface area contributed by atoms with E-state index in [1.165, 1.54) is 6.33 Å². The van der Waals surface area contributed by atoms with Gasteiger partial charge in [-0.05, 0) is 13.0 Å². The number of ether oxygens (including phenoxy) is 3. The molecule has 0 fully saturated rings. The van der Waals surface area contributed by atoms with Crippen molar-refractivity contribution in [3.63, 3.8) is 0 Å². The molecule has 1 N–H and O–H groups in total. The van der Waals surface area contributed by atoms with E-state index in [9.17, 15) is 0 Å². The van der Waals surface area contributed by atoms with E-state index in [-0.39, 0.29) is 0 Å². The molecule has 0 spiro atoms. The monoisotopic (exact) mass is 361 g/mol. The minimum Gasteiger partial charge on any atom is -0.493 e. The van der Waals surface area contributed by atoms with Gasteiger partial charge in [0.2, 0.25) is 5.75 Å². The summed E-state index contributed by atoms with van der Waals surface area (Å²) in [5.74, 6) is 2.28. The van der Waals surface area contributed by atoms with Gasteiger partial charge < -0.3 is 19.5 Å². The maximum atomic E-state index is 5.48. The van der Waals surface area contributed by atoms with Gasteiger partial charge in [-0.15, -0.1) is 21.5 Å². The maximum Gasteiger partial charge on any atom is 0.205 e. The Morgan fingerprint density at radius 1 is 1.04 bits per heavy atom. The molecule has 8 nitrogen and oxygen atoms in total. The second-order valence-corrected chi connectivity index (χ2v) is 6.42. The molecule has 0 radical (unpaired) electrons. The van der Waals surface area contributed by atoms with E-state index in [1.54, 1.807) is 32.7 Å². The van der Waals surface area contributed by atoms with E-state index in [0.717, 1.165) is 21.8 Å². The predicted octanol–water partition coefficient (Wildman–Crippen LogP) is 2.47. The standard InChI is InChI=1S/C16H19N5O3S/c1-9-20-21-12(25-9)5-6-17-16-10-7-11(22-2)14(23-3)15(24-4)13(10)18-8-19-16/h7-8H,5-6H2,1-4H3,(H,17,18,19). The molecular weight excluding hydrogens is 342 g/mol. The molecule has 1 aromatic carbocycles. The zero-order valence-corrected chi connectivity index (χ0v) is 15.3. The maximum absolute atomic E-state index is 5.48. The van der Waals surface area contributed by atoms with E-state index >= 15 is 0 Å². The van der Waals surface area contributed by atoms with E-state index < -0.39 is 0 Å². The highest BCUT2D eigenvalue weighted by Gasteiger charge is 2.19. The molecular formula is C16H19N5O3S. The number of hydrogen-bond donors (Lipinski definition) is 1. The third kappa shape index (κ3) is 3.41. The van der Waals surface area contributed by atoms with Crippen molar-refractivity contribution in [2.24, 2.45) is 0 Å². The molecule has 2 aromatic heterocycles. The van der Waals surface area contributed by atoms with Crippen molar-refractivity contribution in [3.8, 4) is 17.2 Å². The smallest absolute Gasteiger partial charge is 0.205 e. The SMILES string of the molecule is COc1cc2c(NCCc3nnc(C)s3)ncnc2c(OC)c1OC. The number of fused-ring (bicyclic) bond motifs is 1. The Morgan fingerprint density at radius 2 is 1.84 bits per heavy atom. The van der Waals surface area contributed by atoms with Gasteiger partial charge in [0, 0.05) is 13.0 Å². The van der Waals surface area contributed by atoms with E-state index in [4.69, 9.17) is 14.2 Å². The summed E-state index contributed by atoms with van der Waals surface area (Å²) in [7, 11) is 4.72. The van der Waals surface area contributed by atoms with Crippen LogP contribution in [0.3, 0.4) is 0 Å². The Bertz CT molecular complexity index is 884. The Hall–Kier alpha value is -2.68. The first-order valence-corrected chi connectivity index (χ1v) is 8.46. The first-order valence-electron chi connectivity index (χ1n) is 7.64. The fraction of sp³-hybridized carbons (Fsp3) is 0.375. The first-order chi connectivity index (χ1) is 12.2. The van der Waals surface area contributed by atoms with Gasteiger partial charge in [-0.2, -0.15) is 0 Å². The van der Waals surface area contributed by atoms with Gasteiger partial charge in [0.05, 0.1) is 26.7 Å². The van der Waals surface area contributed by atoms with Crippen molar-refractivity contribution in [1.29, 1.82) is 0 Å². The van der Waals surface area contributed by atoms with Crippen LogP contribution in [0, 0.1) is 6.92 Å². The van der Waals surface area contributed by atoms with Gasteiger partial charge in [-0.1, -0.05) is 0 Å². The normalized spacial score (nSPS) is 10.7. The van der Waals surface area contributed by atoms with Crippen LogP contribution in [0.2, 0.25) is 0 Å². The number of hydrogen-bond acceptors (Lipinski definition) is 9. The van der Waals surface area contributed by atoms with Crippen molar-refractivity contribution in [1.82, 2.24) is 20.2 Å². The lowest BCUT2D eigenvalue weighted by atomic mass is 10.2. The molecule has 0 saturated heterocycles. The van der Waals surface area contributed by atoms with Crippen molar-refractivity contribution < 1.29 is 14.2 Å². The summed E-state index contributed by atoms with van der Waals surface area (Å²) in [5, 5.41) is 14.2. The van der Waals surface area contributed by atoms with Crippen molar-refractivity contribution >= 4 is 28.1 Å². The fourth-order valence-corrected chi connectivity index (χ4v) is 3.24. The number of benzene rings is 1. The lowest BCUT2D eigenvalue weighted by Gasteiger charge is -2.15. The summed E-state index contributed by atoms with van der Waals surface area (Å²) in [4.78, 5) is 8.68. The van der Waals surface area contributed by atoms with Crippen LogP contribution in [0.25, 0.3) is 10.9 Å². The molecule has 0 aliphatic rings. The average molecular weight is 361 g/mol. The molecule has 2 heterocycles. The van der Waals surface area contributed by atoms with Crippen LogP contribution >= 0.6 is 11.3 Å². The van der Waals surface area contributed by atoms with Gasteiger partial charge in [-0.25, -0.2) is 9.97 Å². The number of rotatable bonds is 7. The van der Waals surface area contributed by atoms with E-state index in [0.29, 0.717) is 35.1 Å². The molecule has 25 heavy (non-hydrogen) atoms. The lowest BCUT2D eigenvalue weighted by molar-refractivity contribution is 0.327. The number of anilines is 1. The molecule has 132 valence electrons. The topological polar surface area (TPSA) is 91.3 Å². The number of aromatic nitrogens is 4. The summed E-state index contributed by atoms with van der Waals surface area (Å²) in [5.41, 5.74) is 0.657. The van der Waals surface area contributed by atoms with Crippen LogP contribution in [0.15, 0.2) is 12.4 Å². The Balaban J connectivity index is 1.92. The molecule has 0 amide bonds. The van der Waals surface area contributed by atoms with Gasteiger partial charge in [0.15, 0.2) is 11.5 Å². The third-order valence-corrected chi connectivity index (χ3v) is 4.53. The summed E-state index contributed by atoms with van der Waals surface area (Å²) in [6, 6.07) is 1.84. The molecule has 0 saturated carbocycles. The van der Waals surface area contributed by atoms with E-state index in [2.05, 4.69) is 25.5 Å². The third-order valence-electron chi connectivity index (χ3n) is 3.63. The zero-order chi connectivity index (χ0) is 17.8. The first kappa shape index (κ1) is 17.2. The summed E-state index contributed by atoms with van der Waals surface area (Å²) in [6.45, 7) is 2.62. The van der Waals surface area contributed by atoms with Crippen LogP contribution in [-0.4, -0.2) is 48.0 Å². The Morgan fingerprint density at radius 3 is 2.48 bits per heavy atom. The summed E-state index contributed by atoms with van der Waals surface area (Å²) >= 11 is 1.59. The highest BCUT2D eigenvalue weighted by molar-refractivity contribution is 7.11. The van der Waals surface area contributed by atoms with Gasteiger partial charge in [-0.3, -0.25) is 0 Å². The molecule has 0 aliphatic heterocycles. The van der Waals surface area contributed by atoms with Crippen molar-refractivity contribution in [2.45, 2.75) is 13.3 Å². The van der Waals surface area contributed by atoms with Gasteiger partial charge in [0.25, 0.3) is 0 Å². The minimum absolute atomic E-state index is 0.506. The number of nitrogens with one attached hydrogen (secondary N) is 1. The van der Waals surface area contributed by atoms with Crippen LogP contribution < -0.4 is 19.5 Å². The van der Waals surface area contributed by atoms with Crippen LogP contribution in [0.4, 0.5) is 5.82 Å². The van der Waals surface area contributed by atoms with Crippen molar-refractivity contribution in [2.75, 3.05) is 33.2 Å². The van der Waals surface area contributed by atoms with E-state index in [1.807, 2.05) is 13.0 Å². The number of aryl methyl sites for hydroxylation is 1. The van der Waals surface area contributed by atoms with Crippen LogP contribution in [-0.2, 0) is 6.42 Å². The second-order valence-electron chi connectivity index (χ2n) is 5.16. The average Bonchev–Trinajstić information content (AvgIpc) is 3.05. The highest BCUT2D eigenvalue weighted by atomic mass is 32.1. The zero-order valence-electron chi connectivity index (χ0n) is 14.5. The fourth-order valence-electron chi connectivity index (χ4n) is 2.53. The molecule has 0 atom stereocenters. The molecule has 3 rings (SSSR count). The molecule has 0 bridgehead atoms. The Kier molecular flexibility index (Phi) is 5.13. The second kappa shape index (κ2) is 7.47. The van der Waals surface area contributed by atoms with Crippen LogP contribution in [0.1, 0.15) is 10.0 Å². The van der Waals surface area contributed by atoms with Crippen LogP contribution in [0.5, 0.6) is 17.2 Å². The molecule has 0 unspecified atom stereocenters.